The van der Waals surface area contributed by atoms with Crippen LogP contribution in [0.3, 0.4) is 0 Å². The lowest BCUT2D eigenvalue weighted by atomic mass is 9.87. The molecular formula is C50H48N2. The standard InChI is InChI=1S/C50H48N2/c1-33-9-21-39(22-10-33)51(41-25-17-37(18-26-41)49(3,4)5)45-31-15-35-14-30-44-46(32-16-36-13-29-43(45)47(35)48(36)44)52(40-23-11-34(2)12-24-40)42-27-19-38(20-28-42)50(6,7)8/h9-32H,1-8H3. The fourth-order valence-electron chi connectivity index (χ4n) is 7.62. The van der Waals surface area contributed by atoms with E-state index in [0.29, 0.717) is 0 Å². The third-order valence-electron chi connectivity index (χ3n) is 10.7. The van der Waals surface area contributed by atoms with Gasteiger partial charge in [-0.15, -0.1) is 0 Å². The summed E-state index contributed by atoms with van der Waals surface area (Å²) in [5.74, 6) is 0. The predicted molar refractivity (Wildman–Crippen MR) is 226 cm³/mol. The molecule has 2 nitrogen and oxygen atoms in total. The Balaban J connectivity index is 1.36. The third-order valence-corrected chi connectivity index (χ3v) is 10.7. The van der Waals surface area contributed by atoms with Crippen LogP contribution in [0, 0.1) is 13.8 Å². The van der Waals surface area contributed by atoms with Gasteiger partial charge in [-0.1, -0.05) is 138 Å². The summed E-state index contributed by atoms with van der Waals surface area (Å²) in [4.78, 5) is 4.85. The van der Waals surface area contributed by atoms with E-state index in [-0.39, 0.29) is 10.8 Å². The second-order valence-electron chi connectivity index (χ2n) is 16.5. The molecule has 0 atom stereocenters. The van der Waals surface area contributed by atoms with Crippen molar-refractivity contribution in [2.45, 2.75) is 66.2 Å². The van der Waals surface area contributed by atoms with Crippen molar-refractivity contribution in [2.75, 3.05) is 9.80 Å². The Labute approximate surface area is 309 Å². The molecule has 0 aliphatic rings. The molecule has 8 rings (SSSR count). The quantitative estimate of drug-likeness (QED) is 0.162. The van der Waals surface area contributed by atoms with E-state index in [9.17, 15) is 0 Å². The van der Waals surface area contributed by atoms with Gasteiger partial charge in [0.1, 0.15) is 0 Å². The highest BCUT2D eigenvalue weighted by Crippen LogP contribution is 2.47. The smallest absolute Gasteiger partial charge is 0.0540 e. The maximum atomic E-state index is 2.42. The summed E-state index contributed by atoms with van der Waals surface area (Å²) in [6.45, 7) is 17.9. The molecule has 0 fully saturated rings. The molecule has 0 amide bonds. The second-order valence-corrected chi connectivity index (χ2v) is 16.5. The fraction of sp³-hybridized carbons (Fsp3) is 0.200. The van der Waals surface area contributed by atoms with Crippen LogP contribution in [0.5, 0.6) is 0 Å². The lowest BCUT2D eigenvalue weighted by molar-refractivity contribution is 0.590. The van der Waals surface area contributed by atoms with Crippen LogP contribution in [0.4, 0.5) is 34.1 Å². The minimum atomic E-state index is 0.0824. The zero-order valence-corrected chi connectivity index (χ0v) is 31.8. The van der Waals surface area contributed by atoms with E-state index >= 15 is 0 Å². The highest BCUT2D eigenvalue weighted by atomic mass is 15.1. The van der Waals surface area contributed by atoms with Gasteiger partial charge < -0.3 is 9.80 Å². The summed E-state index contributed by atoms with van der Waals surface area (Å²) >= 11 is 0. The summed E-state index contributed by atoms with van der Waals surface area (Å²) < 4.78 is 0. The van der Waals surface area contributed by atoms with E-state index in [1.807, 2.05) is 0 Å². The molecule has 2 heteroatoms. The van der Waals surface area contributed by atoms with Crippen LogP contribution in [-0.4, -0.2) is 0 Å². The molecular weight excluding hydrogens is 629 g/mol. The highest BCUT2D eigenvalue weighted by molar-refractivity contribution is 6.28. The average molecular weight is 677 g/mol. The van der Waals surface area contributed by atoms with Crippen LogP contribution < -0.4 is 9.80 Å². The number of nitrogens with zero attached hydrogens (tertiary/aromatic N) is 2. The maximum Gasteiger partial charge on any atom is 0.0540 e. The first-order chi connectivity index (χ1) is 24.9. The Bertz CT molecular complexity index is 2330. The Morgan fingerprint density at radius 1 is 0.327 bits per heavy atom. The zero-order valence-electron chi connectivity index (χ0n) is 31.8. The predicted octanol–water partition coefficient (Wildman–Crippen LogP) is 14.7. The van der Waals surface area contributed by atoms with Crippen molar-refractivity contribution in [3.63, 3.8) is 0 Å². The van der Waals surface area contributed by atoms with Gasteiger partial charge in [-0.05, 0) is 118 Å². The topological polar surface area (TPSA) is 6.48 Å². The van der Waals surface area contributed by atoms with Crippen molar-refractivity contribution in [2.24, 2.45) is 0 Å². The first-order valence-corrected chi connectivity index (χ1v) is 18.5. The van der Waals surface area contributed by atoms with Gasteiger partial charge in [0.2, 0.25) is 0 Å². The zero-order chi connectivity index (χ0) is 36.4. The normalized spacial score (nSPS) is 12.2. The lowest BCUT2D eigenvalue weighted by Crippen LogP contribution is -2.14. The van der Waals surface area contributed by atoms with Crippen LogP contribution in [0.1, 0.15) is 63.8 Å². The average Bonchev–Trinajstić information content (AvgIpc) is 3.13. The molecule has 258 valence electrons. The largest absolute Gasteiger partial charge is 0.310 e. The molecule has 0 N–H and O–H groups in total. The molecule has 0 spiro atoms. The van der Waals surface area contributed by atoms with Crippen molar-refractivity contribution in [1.29, 1.82) is 0 Å². The Morgan fingerprint density at radius 2 is 0.615 bits per heavy atom. The number of rotatable bonds is 6. The van der Waals surface area contributed by atoms with Gasteiger partial charge in [-0.25, -0.2) is 0 Å². The van der Waals surface area contributed by atoms with Gasteiger partial charge in [0.15, 0.2) is 0 Å². The molecule has 0 aliphatic carbocycles. The summed E-state index contributed by atoms with van der Waals surface area (Å²) in [6, 6.07) is 54.5. The van der Waals surface area contributed by atoms with E-state index in [1.54, 1.807) is 0 Å². The van der Waals surface area contributed by atoms with Crippen LogP contribution in [-0.2, 0) is 10.8 Å². The molecule has 52 heavy (non-hydrogen) atoms. The van der Waals surface area contributed by atoms with Crippen LogP contribution in [0.15, 0.2) is 146 Å². The molecule has 0 aliphatic heterocycles. The minimum absolute atomic E-state index is 0.0824. The first-order valence-electron chi connectivity index (χ1n) is 18.5. The summed E-state index contributed by atoms with van der Waals surface area (Å²) in [6.07, 6.45) is 0. The Morgan fingerprint density at radius 3 is 0.923 bits per heavy atom. The van der Waals surface area contributed by atoms with Crippen molar-refractivity contribution < 1.29 is 0 Å². The SMILES string of the molecule is Cc1ccc(N(c2ccc(C(C)(C)C)cc2)c2ccc3ccc4c(N(c5ccc(C)cc5)c5ccc(C(C)(C)C)cc5)ccc5ccc2c3c54)cc1. The number of hydrogen-bond acceptors (Lipinski definition) is 2. The van der Waals surface area contributed by atoms with E-state index in [2.05, 4.69) is 211 Å². The molecule has 0 bridgehead atoms. The summed E-state index contributed by atoms with van der Waals surface area (Å²) in [5, 5.41) is 7.57. The maximum absolute atomic E-state index is 2.42. The van der Waals surface area contributed by atoms with E-state index < -0.39 is 0 Å². The van der Waals surface area contributed by atoms with Crippen LogP contribution in [0.2, 0.25) is 0 Å². The molecule has 0 saturated heterocycles. The lowest BCUT2D eigenvalue weighted by Gasteiger charge is -2.30. The summed E-state index contributed by atoms with van der Waals surface area (Å²) in [5.41, 5.74) is 12.3. The Hall–Kier alpha value is -5.60. The van der Waals surface area contributed by atoms with Gasteiger partial charge in [-0.3, -0.25) is 0 Å². The molecule has 0 aromatic heterocycles. The van der Waals surface area contributed by atoms with Crippen molar-refractivity contribution in [1.82, 2.24) is 0 Å². The van der Waals surface area contributed by atoms with Crippen molar-refractivity contribution in [3.05, 3.63) is 168 Å². The number of hydrogen-bond donors (Lipinski definition) is 0. The second kappa shape index (κ2) is 12.6. The van der Waals surface area contributed by atoms with Crippen molar-refractivity contribution in [3.8, 4) is 0 Å². The molecule has 8 aromatic rings. The highest BCUT2D eigenvalue weighted by Gasteiger charge is 2.23. The third kappa shape index (κ3) is 5.97. The van der Waals surface area contributed by atoms with E-state index in [0.717, 1.165) is 22.7 Å². The summed E-state index contributed by atoms with van der Waals surface area (Å²) in [7, 11) is 0. The fourth-order valence-corrected chi connectivity index (χ4v) is 7.62. The minimum Gasteiger partial charge on any atom is -0.310 e. The van der Waals surface area contributed by atoms with Gasteiger partial charge in [0, 0.05) is 33.5 Å². The van der Waals surface area contributed by atoms with E-state index in [1.165, 1.54) is 65.9 Å². The molecule has 8 aromatic carbocycles. The number of aryl methyl sites for hydroxylation is 2. The monoisotopic (exact) mass is 676 g/mol. The van der Waals surface area contributed by atoms with Crippen LogP contribution >= 0.6 is 0 Å². The van der Waals surface area contributed by atoms with Gasteiger partial charge in [0.05, 0.1) is 11.4 Å². The van der Waals surface area contributed by atoms with Gasteiger partial charge in [0.25, 0.3) is 0 Å². The first kappa shape index (κ1) is 33.5. The number of anilines is 6. The Kier molecular flexibility index (Phi) is 8.10. The molecule has 0 saturated carbocycles. The van der Waals surface area contributed by atoms with E-state index in [4.69, 9.17) is 0 Å². The number of benzene rings is 8. The van der Waals surface area contributed by atoms with Gasteiger partial charge >= 0.3 is 0 Å². The molecule has 0 heterocycles. The molecule has 0 unspecified atom stereocenters. The van der Waals surface area contributed by atoms with Gasteiger partial charge in [-0.2, -0.15) is 0 Å². The molecule has 0 radical (unpaired) electrons. The van der Waals surface area contributed by atoms with Crippen LogP contribution in [0.25, 0.3) is 32.3 Å². The van der Waals surface area contributed by atoms with Crippen molar-refractivity contribution >= 4 is 66.4 Å².